The van der Waals surface area contributed by atoms with E-state index in [-0.39, 0.29) is 5.41 Å². The van der Waals surface area contributed by atoms with Crippen LogP contribution >= 0.6 is 0 Å². The number of fused-ring (bicyclic) bond motifs is 7. The smallest absolute Gasteiger partial charge is 0.164 e. The zero-order valence-corrected chi connectivity index (χ0v) is 25.5. The predicted octanol–water partition coefficient (Wildman–Crippen LogP) is 10.7. The molecule has 2 aromatic heterocycles. The molecule has 0 fully saturated rings. The van der Waals surface area contributed by atoms with Gasteiger partial charge in [-0.25, -0.2) is 15.0 Å². The Bertz CT molecular complexity index is 2380. The van der Waals surface area contributed by atoms with Gasteiger partial charge in [0.2, 0.25) is 0 Å². The van der Waals surface area contributed by atoms with Gasteiger partial charge >= 0.3 is 0 Å². The molecule has 0 saturated carbocycles. The minimum atomic E-state index is -0.227. The third-order valence-corrected chi connectivity index (χ3v) is 9.31. The van der Waals surface area contributed by atoms with Crippen molar-refractivity contribution in [3.05, 3.63) is 151 Å². The average Bonchev–Trinajstić information content (AvgIpc) is 3.61. The molecule has 0 bridgehead atoms. The van der Waals surface area contributed by atoms with Crippen LogP contribution in [0.15, 0.2) is 144 Å². The second-order valence-corrected chi connectivity index (χ2v) is 12.4. The Morgan fingerprint density at radius 3 is 1.78 bits per heavy atom. The average molecular weight is 592 g/mol. The highest BCUT2D eigenvalue weighted by Crippen LogP contribution is 2.55. The first-order chi connectivity index (χ1) is 22.6. The number of hydrogen-bond acceptors (Lipinski definition) is 4. The molecule has 0 spiro atoms. The van der Waals surface area contributed by atoms with E-state index in [1.165, 1.54) is 27.8 Å². The Balaban J connectivity index is 1.22. The molecule has 0 aliphatic heterocycles. The molecule has 9 rings (SSSR count). The lowest BCUT2D eigenvalue weighted by atomic mass is 9.81. The molecule has 6 aromatic carbocycles. The first kappa shape index (κ1) is 26.5. The van der Waals surface area contributed by atoms with Gasteiger partial charge in [0.1, 0.15) is 11.2 Å². The molecule has 0 N–H and O–H groups in total. The van der Waals surface area contributed by atoms with E-state index < -0.39 is 0 Å². The van der Waals surface area contributed by atoms with Crippen LogP contribution in [0.1, 0.15) is 25.0 Å². The highest BCUT2D eigenvalue weighted by Gasteiger charge is 2.39. The van der Waals surface area contributed by atoms with Crippen molar-refractivity contribution in [3.8, 4) is 56.4 Å². The van der Waals surface area contributed by atoms with Crippen LogP contribution in [0, 0.1) is 0 Å². The Hall–Kier alpha value is -5.87. The molecular formula is C42H29N3O. The van der Waals surface area contributed by atoms with E-state index in [9.17, 15) is 0 Å². The van der Waals surface area contributed by atoms with Gasteiger partial charge in [-0.05, 0) is 46.0 Å². The third kappa shape index (κ3) is 4.04. The Morgan fingerprint density at radius 2 is 1.07 bits per heavy atom. The summed E-state index contributed by atoms with van der Waals surface area (Å²) in [6.07, 6.45) is 0. The lowest BCUT2D eigenvalue weighted by Crippen LogP contribution is -2.15. The van der Waals surface area contributed by atoms with Crippen LogP contribution in [0.4, 0.5) is 0 Å². The zero-order chi connectivity index (χ0) is 30.8. The lowest BCUT2D eigenvalue weighted by molar-refractivity contribution is 0.620. The molecule has 0 unspecified atom stereocenters. The second-order valence-electron chi connectivity index (χ2n) is 12.4. The maximum atomic E-state index is 6.56. The molecule has 0 amide bonds. The number of nitrogens with zero attached hydrogens (tertiary/aromatic N) is 3. The summed E-state index contributed by atoms with van der Waals surface area (Å²) < 4.78 is 6.56. The summed E-state index contributed by atoms with van der Waals surface area (Å²) in [5.74, 6) is 1.95. The fourth-order valence-electron chi connectivity index (χ4n) is 7.12. The van der Waals surface area contributed by atoms with Crippen molar-refractivity contribution in [3.63, 3.8) is 0 Å². The minimum absolute atomic E-state index is 0.227. The van der Waals surface area contributed by atoms with Gasteiger partial charge in [0.05, 0.1) is 0 Å². The summed E-state index contributed by atoms with van der Waals surface area (Å²) in [6, 6.07) is 48.3. The Kier molecular flexibility index (Phi) is 5.81. The van der Waals surface area contributed by atoms with Crippen LogP contribution < -0.4 is 0 Å². The van der Waals surface area contributed by atoms with Crippen LogP contribution in [0.5, 0.6) is 0 Å². The van der Waals surface area contributed by atoms with Gasteiger partial charge in [0.25, 0.3) is 0 Å². The van der Waals surface area contributed by atoms with E-state index in [1.807, 2.05) is 66.7 Å². The molecule has 4 heteroatoms. The highest BCUT2D eigenvalue weighted by molar-refractivity contribution is 6.10. The molecule has 2 heterocycles. The first-order valence-corrected chi connectivity index (χ1v) is 15.6. The van der Waals surface area contributed by atoms with Crippen molar-refractivity contribution in [2.24, 2.45) is 0 Å². The quantitative estimate of drug-likeness (QED) is 0.204. The fraction of sp³-hybridized carbons (Fsp3) is 0.0714. The largest absolute Gasteiger partial charge is 0.456 e. The maximum Gasteiger partial charge on any atom is 0.164 e. The Morgan fingerprint density at radius 1 is 0.478 bits per heavy atom. The van der Waals surface area contributed by atoms with E-state index in [2.05, 4.69) is 86.6 Å². The van der Waals surface area contributed by atoms with Gasteiger partial charge in [0, 0.05) is 38.4 Å². The van der Waals surface area contributed by atoms with Gasteiger partial charge in [0.15, 0.2) is 17.5 Å². The molecule has 0 saturated heterocycles. The summed E-state index contributed by atoms with van der Waals surface area (Å²) >= 11 is 0. The predicted molar refractivity (Wildman–Crippen MR) is 186 cm³/mol. The molecular weight excluding hydrogens is 562 g/mol. The maximum absolute atomic E-state index is 6.56. The normalized spacial score (nSPS) is 13.2. The van der Waals surface area contributed by atoms with E-state index in [4.69, 9.17) is 19.4 Å². The summed E-state index contributed by atoms with van der Waals surface area (Å²) in [4.78, 5) is 14.8. The second kappa shape index (κ2) is 10.1. The molecule has 1 aliphatic carbocycles. The zero-order valence-electron chi connectivity index (χ0n) is 25.5. The van der Waals surface area contributed by atoms with Crippen molar-refractivity contribution in [2.75, 3.05) is 0 Å². The molecule has 8 aromatic rings. The minimum Gasteiger partial charge on any atom is -0.456 e. The number of hydrogen-bond donors (Lipinski definition) is 0. The monoisotopic (exact) mass is 591 g/mol. The molecule has 46 heavy (non-hydrogen) atoms. The van der Waals surface area contributed by atoms with E-state index >= 15 is 0 Å². The van der Waals surface area contributed by atoms with Crippen LogP contribution in [0.3, 0.4) is 0 Å². The van der Waals surface area contributed by atoms with Gasteiger partial charge in [-0.3, -0.25) is 0 Å². The van der Waals surface area contributed by atoms with E-state index in [0.29, 0.717) is 17.5 Å². The summed E-state index contributed by atoms with van der Waals surface area (Å²) in [7, 11) is 0. The topological polar surface area (TPSA) is 51.8 Å². The molecule has 4 nitrogen and oxygen atoms in total. The number of benzene rings is 6. The molecule has 218 valence electrons. The van der Waals surface area contributed by atoms with Crippen LogP contribution in [-0.2, 0) is 5.41 Å². The highest BCUT2D eigenvalue weighted by atomic mass is 16.3. The van der Waals surface area contributed by atoms with Crippen molar-refractivity contribution in [1.82, 2.24) is 15.0 Å². The summed E-state index contributed by atoms with van der Waals surface area (Å²) in [6.45, 7) is 4.62. The number of furan rings is 1. The van der Waals surface area contributed by atoms with Crippen LogP contribution in [0.2, 0.25) is 0 Å². The number of para-hydroxylation sites is 1. The van der Waals surface area contributed by atoms with Crippen molar-refractivity contribution >= 4 is 21.9 Å². The van der Waals surface area contributed by atoms with Crippen LogP contribution in [-0.4, -0.2) is 15.0 Å². The fourth-order valence-corrected chi connectivity index (χ4v) is 7.12. The van der Waals surface area contributed by atoms with Gasteiger partial charge in [-0.1, -0.05) is 135 Å². The SMILES string of the molecule is CC1(C)c2cccc(-c3cccc(-c4nc(-c5ccccc5)nc(-c5ccccc5)n4)c3)c2-c2ccc3c(oc4ccccc43)c21. The van der Waals surface area contributed by atoms with Gasteiger partial charge in [-0.15, -0.1) is 0 Å². The molecule has 0 radical (unpaired) electrons. The number of rotatable bonds is 4. The van der Waals surface area contributed by atoms with Crippen molar-refractivity contribution in [1.29, 1.82) is 0 Å². The standard InChI is InChI=1S/C42H29N3O/c1-42(2)34-21-12-20-30(36(34)33-24-23-32-31-19-9-10-22-35(31)46-38(32)37(33)42)28-17-11-18-29(25-28)41-44-39(26-13-5-3-6-14-26)43-40(45-41)27-15-7-4-8-16-27/h3-25H,1-2H3. The van der Waals surface area contributed by atoms with Gasteiger partial charge < -0.3 is 4.42 Å². The Labute approximate surface area is 267 Å². The number of aromatic nitrogens is 3. The molecule has 0 atom stereocenters. The van der Waals surface area contributed by atoms with E-state index in [0.717, 1.165) is 44.2 Å². The van der Waals surface area contributed by atoms with Crippen LogP contribution in [0.25, 0.3) is 78.4 Å². The van der Waals surface area contributed by atoms with Gasteiger partial charge in [-0.2, -0.15) is 0 Å². The van der Waals surface area contributed by atoms with Crippen molar-refractivity contribution in [2.45, 2.75) is 19.3 Å². The van der Waals surface area contributed by atoms with E-state index in [1.54, 1.807) is 0 Å². The third-order valence-electron chi connectivity index (χ3n) is 9.31. The summed E-state index contributed by atoms with van der Waals surface area (Å²) in [5.41, 5.74) is 11.9. The summed E-state index contributed by atoms with van der Waals surface area (Å²) in [5, 5.41) is 2.32. The first-order valence-electron chi connectivity index (χ1n) is 15.6. The van der Waals surface area contributed by atoms with Crippen molar-refractivity contribution < 1.29 is 4.42 Å². The lowest BCUT2D eigenvalue weighted by Gasteiger charge is -2.21. The molecule has 1 aliphatic rings.